The molecular weight excluding hydrogens is 328 g/mol. The molecule has 3 rings (SSSR count). The molecule has 0 bridgehead atoms. The van der Waals surface area contributed by atoms with Crippen LogP contribution in [0.1, 0.15) is 29.0 Å². The van der Waals surface area contributed by atoms with Gasteiger partial charge in [-0.05, 0) is 49.6 Å². The van der Waals surface area contributed by atoms with Crippen molar-refractivity contribution in [3.05, 3.63) is 52.9 Å². The monoisotopic (exact) mass is 346 g/mol. The lowest BCUT2D eigenvalue weighted by Crippen LogP contribution is -2.41. The van der Waals surface area contributed by atoms with Crippen LogP contribution >= 0.6 is 11.6 Å². The lowest BCUT2D eigenvalue weighted by atomic mass is 9.95. The smallest absolute Gasteiger partial charge is 0.289 e. The molecule has 0 spiro atoms. The van der Waals surface area contributed by atoms with Crippen LogP contribution in [-0.4, -0.2) is 29.8 Å². The summed E-state index contributed by atoms with van der Waals surface area (Å²) in [7, 11) is 0. The molecule has 1 aliphatic heterocycles. The average Bonchev–Trinajstić information content (AvgIpc) is 3.12. The minimum absolute atomic E-state index is 0.0278. The highest BCUT2D eigenvalue weighted by Gasteiger charge is 2.28. The van der Waals surface area contributed by atoms with Crippen molar-refractivity contribution >= 4 is 29.1 Å². The number of anilines is 1. The molecule has 2 heterocycles. The molecule has 6 heteroatoms. The highest BCUT2D eigenvalue weighted by molar-refractivity contribution is 6.31. The second kappa shape index (κ2) is 7.09. The fourth-order valence-corrected chi connectivity index (χ4v) is 3.00. The van der Waals surface area contributed by atoms with E-state index in [9.17, 15) is 9.59 Å². The van der Waals surface area contributed by atoms with Gasteiger partial charge in [-0.25, -0.2) is 0 Å². The molecule has 0 saturated carbocycles. The lowest BCUT2D eigenvalue weighted by molar-refractivity contribution is -0.121. The summed E-state index contributed by atoms with van der Waals surface area (Å²) in [6.45, 7) is 3.01. The second-order valence-electron chi connectivity index (χ2n) is 6.00. The summed E-state index contributed by atoms with van der Waals surface area (Å²) in [6, 6.07) is 8.82. The SMILES string of the molecule is Cc1ccc(NC(=O)C2CCN(C(=O)c3ccco3)CC2)cc1Cl. The third-order valence-corrected chi connectivity index (χ3v) is 4.73. The molecule has 0 unspecified atom stereocenters. The van der Waals surface area contributed by atoms with Gasteiger partial charge < -0.3 is 14.6 Å². The molecule has 0 radical (unpaired) electrons. The standard InChI is InChI=1S/C18H19ClN2O3/c1-12-4-5-14(11-15(12)19)20-17(22)13-6-8-21(9-7-13)18(23)16-3-2-10-24-16/h2-5,10-11,13H,6-9H2,1H3,(H,20,22). The van der Waals surface area contributed by atoms with Crippen LogP contribution in [0.25, 0.3) is 0 Å². The van der Waals surface area contributed by atoms with Gasteiger partial charge in [0.15, 0.2) is 5.76 Å². The number of rotatable bonds is 3. The molecule has 1 saturated heterocycles. The van der Waals surface area contributed by atoms with Gasteiger partial charge in [-0.3, -0.25) is 9.59 Å². The molecular formula is C18H19ClN2O3. The average molecular weight is 347 g/mol. The Bertz CT molecular complexity index is 735. The molecule has 1 aromatic heterocycles. The quantitative estimate of drug-likeness (QED) is 0.921. The van der Waals surface area contributed by atoms with Gasteiger partial charge in [0.25, 0.3) is 5.91 Å². The van der Waals surface area contributed by atoms with Crippen LogP contribution in [0.4, 0.5) is 5.69 Å². The zero-order valence-corrected chi connectivity index (χ0v) is 14.2. The molecule has 5 nitrogen and oxygen atoms in total. The van der Waals surface area contributed by atoms with Gasteiger partial charge in [0.2, 0.25) is 5.91 Å². The van der Waals surface area contributed by atoms with Crippen LogP contribution in [0.3, 0.4) is 0 Å². The number of carbonyl (C=O) groups is 2. The molecule has 2 aromatic rings. The molecule has 0 aliphatic carbocycles. The van der Waals surface area contributed by atoms with Crippen LogP contribution in [0.5, 0.6) is 0 Å². The van der Waals surface area contributed by atoms with Crippen LogP contribution in [0.2, 0.25) is 5.02 Å². The third-order valence-electron chi connectivity index (χ3n) is 4.32. The number of furan rings is 1. The first kappa shape index (κ1) is 16.6. The van der Waals surface area contributed by atoms with Gasteiger partial charge in [0, 0.05) is 29.7 Å². The molecule has 126 valence electrons. The summed E-state index contributed by atoms with van der Waals surface area (Å²) < 4.78 is 5.14. The number of amides is 2. The van der Waals surface area contributed by atoms with Crippen LogP contribution in [0.15, 0.2) is 41.0 Å². The first-order valence-electron chi connectivity index (χ1n) is 7.94. The van der Waals surface area contributed by atoms with E-state index in [2.05, 4.69) is 5.32 Å². The van der Waals surface area contributed by atoms with Crippen molar-refractivity contribution in [1.82, 2.24) is 4.90 Å². The van der Waals surface area contributed by atoms with Crippen molar-refractivity contribution in [3.63, 3.8) is 0 Å². The Labute approximate surface area is 145 Å². The molecule has 1 aromatic carbocycles. The number of nitrogens with one attached hydrogen (secondary N) is 1. The van der Waals surface area contributed by atoms with Gasteiger partial charge in [-0.1, -0.05) is 17.7 Å². The van der Waals surface area contributed by atoms with E-state index in [1.54, 1.807) is 23.1 Å². The summed E-state index contributed by atoms with van der Waals surface area (Å²) in [5.74, 6) is 0.0853. The van der Waals surface area contributed by atoms with E-state index in [0.717, 1.165) is 5.56 Å². The minimum atomic E-state index is -0.121. The number of aryl methyl sites for hydroxylation is 1. The van der Waals surface area contributed by atoms with E-state index in [1.807, 2.05) is 19.1 Å². The predicted octanol–water partition coefficient (Wildman–Crippen LogP) is 3.73. The molecule has 1 N–H and O–H groups in total. The Morgan fingerprint density at radius 3 is 2.62 bits per heavy atom. The van der Waals surface area contributed by atoms with E-state index < -0.39 is 0 Å². The van der Waals surface area contributed by atoms with Crippen molar-refractivity contribution in [2.24, 2.45) is 5.92 Å². The summed E-state index contributed by atoms with van der Waals surface area (Å²) >= 11 is 6.08. The molecule has 24 heavy (non-hydrogen) atoms. The van der Waals surface area contributed by atoms with Gasteiger partial charge in [0.05, 0.1) is 6.26 Å². The fraction of sp³-hybridized carbons (Fsp3) is 0.333. The van der Waals surface area contributed by atoms with Gasteiger partial charge >= 0.3 is 0 Å². The Kier molecular flexibility index (Phi) is 4.90. The van der Waals surface area contributed by atoms with Crippen molar-refractivity contribution < 1.29 is 14.0 Å². The van der Waals surface area contributed by atoms with Gasteiger partial charge in [-0.15, -0.1) is 0 Å². The number of hydrogen-bond donors (Lipinski definition) is 1. The summed E-state index contributed by atoms with van der Waals surface area (Å²) in [6.07, 6.45) is 2.76. The Morgan fingerprint density at radius 1 is 1.25 bits per heavy atom. The van der Waals surface area contributed by atoms with Gasteiger partial charge in [0.1, 0.15) is 0 Å². The number of halogens is 1. The Hall–Kier alpha value is -2.27. The molecule has 2 amide bonds. The van der Waals surface area contributed by atoms with Crippen molar-refractivity contribution in [1.29, 1.82) is 0 Å². The Morgan fingerprint density at radius 2 is 2.00 bits per heavy atom. The minimum Gasteiger partial charge on any atom is -0.459 e. The summed E-state index contributed by atoms with van der Waals surface area (Å²) in [4.78, 5) is 26.3. The fourth-order valence-electron chi connectivity index (χ4n) is 2.82. The second-order valence-corrected chi connectivity index (χ2v) is 6.40. The molecule has 1 aliphatic rings. The van der Waals surface area contributed by atoms with E-state index in [4.69, 9.17) is 16.0 Å². The number of likely N-dealkylation sites (tertiary alicyclic amines) is 1. The lowest BCUT2D eigenvalue weighted by Gasteiger charge is -2.30. The Balaban J connectivity index is 1.55. The first-order chi connectivity index (χ1) is 11.5. The van der Waals surface area contributed by atoms with Crippen LogP contribution in [0, 0.1) is 12.8 Å². The number of nitrogens with zero attached hydrogens (tertiary/aromatic N) is 1. The van der Waals surface area contributed by atoms with E-state index in [-0.39, 0.29) is 17.7 Å². The maximum absolute atomic E-state index is 12.4. The van der Waals surface area contributed by atoms with E-state index in [0.29, 0.717) is 42.4 Å². The van der Waals surface area contributed by atoms with Crippen molar-refractivity contribution in [2.75, 3.05) is 18.4 Å². The summed E-state index contributed by atoms with van der Waals surface area (Å²) in [5.41, 5.74) is 1.67. The maximum Gasteiger partial charge on any atom is 0.289 e. The normalized spacial score (nSPS) is 15.3. The predicted molar refractivity (Wildman–Crippen MR) is 92.2 cm³/mol. The first-order valence-corrected chi connectivity index (χ1v) is 8.32. The largest absolute Gasteiger partial charge is 0.459 e. The highest BCUT2D eigenvalue weighted by Crippen LogP contribution is 2.23. The van der Waals surface area contributed by atoms with E-state index >= 15 is 0 Å². The number of hydrogen-bond acceptors (Lipinski definition) is 3. The van der Waals surface area contributed by atoms with Crippen LogP contribution < -0.4 is 5.32 Å². The molecule has 1 fully saturated rings. The summed E-state index contributed by atoms with van der Waals surface area (Å²) in [5, 5.41) is 3.54. The number of benzene rings is 1. The zero-order valence-electron chi connectivity index (χ0n) is 13.4. The number of carbonyl (C=O) groups excluding carboxylic acids is 2. The maximum atomic E-state index is 12.4. The van der Waals surface area contributed by atoms with E-state index in [1.165, 1.54) is 6.26 Å². The van der Waals surface area contributed by atoms with Crippen molar-refractivity contribution in [3.8, 4) is 0 Å². The number of piperidine rings is 1. The molecule has 0 atom stereocenters. The third kappa shape index (κ3) is 3.62. The van der Waals surface area contributed by atoms with Crippen LogP contribution in [-0.2, 0) is 4.79 Å². The topological polar surface area (TPSA) is 62.6 Å². The van der Waals surface area contributed by atoms with Gasteiger partial charge in [-0.2, -0.15) is 0 Å². The van der Waals surface area contributed by atoms with Crippen molar-refractivity contribution in [2.45, 2.75) is 19.8 Å². The highest BCUT2D eigenvalue weighted by atomic mass is 35.5. The zero-order chi connectivity index (χ0) is 17.1.